The third-order valence-corrected chi connectivity index (χ3v) is 4.63. The van der Waals surface area contributed by atoms with Crippen molar-refractivity contribution in [1.82, 2.24) is 5.32 Å². The maximum atomic E-state index is 6.44. The van der Waals surface area contributed by atoms with Crippen LogP contribution in [0.3, 0.4) is 0 Å². The zero-order chi connectivity index (χ0) is 15.1. The van der Waals surface area contributed by atoms with E-state index in [1.807, 2.05) is 12.1 Å². The normalized spacial score (nSPS) is 20.2. The van der Waals surface area contributed by atoms with Crippen molar-refractivity contribution in [1.29, 1.82) is 0 Å². The summed E-state index contributed by atoms with van der Waals surface area (Å²) in [6.45, 7) is 3.20. The summed E-state index contributed by atoms with van der Waals surface area (Å²) >= 11 is 12.5. The second-order valence-corrected chi connectivity index (χ2v) is 6.63. The highest BCUT2D eigenvalue weighted by molar-refractivity contribution is 6.35. The quantitative estimate of drug-likeness (QED) is 0.625. The molecule has 1 aromatic carbocycles. The minimum Gasteiger partial charge on any atom is -0.306 e. The molecule has 0 fully saturated rings. The molecular formula is C18H25Cl2N. The lowest BCUT2D eigenvalue weighted by molar-refractivity contribution is 0.541. The molecule has 2 rings (SSSR count). The summed E-state index contributed by atoms with van der Waals surface area (Å²) in [5.41, 5.74) is 2.65. The van der Waals surface area contributed by atoms with E-state index in [0.29, 0.717) is 5.02 Å². The molecule has 0 bridgehead atoms. The Morgan fingerprint density at radius 3 is 2.71 bits per heavy atom. The molecule has 3 heteroatoms. The second-order valence-electron chi connectivity index (χ2n) is 5.78. The van der Waals surface area contributed by atoms with Gasteiger partial charge in [0.15, 0.2) is 0 Å². The lowest BCUT2D eigenvalue weighted by Crippen LogP contribution is -2.24. The van der Waals surface area contributed by atoms with Crippen LogP contribution in [0.25, 0.3) is 0 Å². The molecule has 0 saturated carbocycles. The fraction of sp³-hybridized carbons (Fsp3) is 0.556. The van der Waals surface area contributed by atoms with Crippen LogP contribution in [0.1, 0.15) is 63.5 Å². The number of hydrogen-bond acceptors (Lipinski definition) is 1. The summed E-state index contributed by atoms with van der Waals surface area (Å²) in [6.07, 6.45) is 11.2. The number of rotatable bonds is 5. The van der Waals surface area contributed by atoms with Gasteiger partial charge < -0.3 is 5.32 Å². The Morgan fingerprint density at radius 2 is 1.95 bits per heavy atom. The first kappa shape index (κ1) is 16.9. The largest absolute Gasteiger partial charge is 0.306 e. The van der Waals surface area contributed by atoms with Crippen molar-refractivity contribution in [3.05, 3.63) is 45.5 Å². The molecule has 0 radical (unpaired) electrons. The third-order valence-electron chi connectivity index (χ3n) is 4.07. The van der Waals surface area contributed by atoms with Crippen molar-refractivity contribution in [3.63, 3.8) is 0 Å². The van der Waals surface area contributed by atoms with Crippen LogP contribution in [0, 0.1) is 0 Å². The first-order chi connectivity index (χ1) is 10.2. The molecule has 1 nitrogen and oxygen atoms in total. The summed E-state index contributed by atoms with van der Waals surface area (Å²) in [5.74, 6) is 0. The number of nitrogens with one attached hydrogen (secondary N) is 1. The van der Waals surface area contributed by atoms with Gasteiger partial charge in [0.1, 0.15) is 0 Å². The Labute approximate surface area is 138 Å². The predicted molar refractivity (Wildman–Crippen MR) is 93.3 cm³/mol. The molecule has 0 amide bonds. The molecule has 1 aromatic rings. The Morgan fingerprint density at radius 1 is 1.14 bits per heavy atom. The number of hydrogen-bond donors (Lipinski definition) is 1. The van der Waals surface area contributed by atoms with Crippen molar-refractivity contribution in [2.24, 2.45) is 0 Å². The SMILES string of the molecule is CCCNC(/C1=C/CCCCCC1)c1ccc(Cl)cc1Cl. The van der Waals surface area contributed by atoms with E-state index in [2.05, 4.69) is 24.4 Å². The lowest BCUT2D eigenvalue weighted by atomic mass is 9.90. The van der Waals surface area contributed by atoms with Gasteiger partial charge in [0.25, 0.3) is 0 Å². The molecule has 1 aliphatic carbocycles. The molecule has 116 valence electrons. The fourth-order valence-electron chi connectivity index (χ4n) is 2.94. The van der Waals surface area contributed by atoms with Crippen LogP contribution in [-0.2, 0) is 0 Å². The van der Waals surface area contributed by atoms with Gasteiger partial charge in [-0.15, -0.1) is 0 Å². The average molecular weight is 326 g/mol. The summed E-state index contributed by atoms with van der Waals surface area (Å²) in [4.78, 5) is 0. The van der Waals surface area contributed by atoms with Crippen molar-refractivity contribution in [3.8, 4) is 0 Å². The molecule has 0 spiro atoms. The third kappa shape index (κ3) is 5.02. The van der Waals surface area contributed by atoms with Gasteiger partial charge in [-0.25, -0.2) is 0 Å². The Hall–Kier alpha value is -0.500. The van der Waals surface area contributed by atoms with Gasteiger partial charge in [-0.05, 0) is 56.3 Å². The van der Waals surface area contributed by atoms with Crippen LogP contribution in [0.15, 0.2) is 29.8 Å². The molecule has 0 saturated heterocycles. The van der Waals surface area contributed by atoms with E-state index in [1.54, 1.807) is 0 Å². The van der Waals surface area contributed by atoms with E-state index in [9.17, 15) is 0 Å². The smallest absolute Gasteiger partial charge is 0.0550 e. The summed E-state index contributed by atoms with van der Waals surface area (Å²) in [5, 5.41) is 5.13. The highest BCUT2D eigenvalue weighted by atomic mass is 35.5. The Kier molecular flexibility index (Phi) is 7.09. The Balaban J connectivity index is 2.27. The highest BCUT2D eigenvalue weighted by Gasteiger charge is 2.19. The Bertz CT molecular complexity index is 482. The van der Waals surface area contributed by atoms with Crippen molar-refractivity contribution < 1.29 is 0 Å². The van der Waals surface area contributed by atoms with Crippen LogP contribution in [0.2, 0.25) is 10.0 Å². The number of allylic oxidation sites excluding steroid dienone is 1. The van der Waals surface area contributed by atoms with Gasteiger partial charge >= 0.3 is 0 Å². The van der Waals surface area contributed by atoms with E-state index >= 15 is 0 Å². The molecular weight excluding hydrogens is 301 g/mol. The van der Waals surface area contributed by atoms with Crippen LogP contribution in [-0.4, -0.2) is 6.54 Å². The van der Waals surface area contributed by atoms with E-state index in [1.165, 1.54) is 44.1 Å². The lowest BCUT2D eigenvalue weighted by Gasteiger charge is -2.25. The van der Waals surface area contributed by atoms with Gasteiger partial charge in [0.05, 0.1) is 6.04 Å². The second kappa shape index (κ2) is 8.82. The maximum absolute atomic E-state index is 6.44. The maximum Gasteiger partial charge on any atom is 0.0550 e. The van der Waals surface area contributed by atoms with E-state index in [-0.39, 0.29) is 6.04 Å². The van der Waals surface area contributed by atoms with E-state index < -0.39 is 0 Å². The monoisotopic (exact) mass is 325 g/mol. The minimum atomic E-state index is 0.229. The van der Waals surface area contributed by atoms with Gasteiger partial charge in [0.2, 0.25) is 0 Å². The van der Waals surface area contributed by atoms with Gasteiger partial charge in [-0.3, -0.25) is 0 Å². The zero-order valence-electron chi connectivity index (χ0n) is 12.8. The molecule has 0 aromatic heterocycles. The number of halogens is 2. The number of benzene rings is 1. The highest BCUT2D eigenvalue weighted by Crippen LogP contribution is 2.34. The first-order valence-corrected chi connectivity index (χ1v) is 8.85. The molecule has 1 unspecified atom stereocenters. The van der Waals surface area contributed by atoms with Gasteiger partial charge in [-0.2, -0.15) is 0 Å². The average Bonchev–Trinajstić information content (AvgIpc) is 2.42. The van der Waals surface area contributed by atoms with Crippen molar-refractivity contribution >= 4 is 23.2 Å². The topological polar surface area (TPSA) is 12.0 Å². The standard InChI is InChI=1S/C18H25Cl2N/c1-2-12-21-18(14-8-6-4-3-5-7-9-14)16-11-10-15(19)13-17(16)20/h8,10-11,13,18,21H,2-7,9,12H2,1H3/b14-8+. The van der Waals surface area contributed by atoms with Crippen molar-refractivity contribution in [2.75, 3.05) is 6.54 Å². The van der Waals surface area contributed by atoms with Gasteiger partial charge in [0, 0.05) is 10.0 Å². The minimum absolute atomic E-state index is 0.229. The summed E-state index contributed by atoms with van der Waals surface area (Å²) in [6, 6.07) is 6.08. The fourth-order valence-corrected chi connectivity index (χ4v) is 3.46. The van der Waals surface area contributed by atoms with Gasteiger partial charge in [-0.1, -0.05) is 60.7 Å². The summed E-state index contributed by atoms with van der Waals surface area (Å²) in [7, 11) is 0. The van der Waals surface area contributed by atoms with Crippen LogP contribution >= 0.6 is 23.2 Å². The van der Waals surface area contributed by atoms with Crippen LogP contribution in [0.4, 0.5) is 0 Å². The molecule has 1 atom stereocenters. The molecule has 1 N–H and O–H groups in total. The van der Waals surface area contributed by atoms with E-state index in [0.717, 1.165) is 23.6 Å². The molecule has 0 heterocycles. The summed E-state index contributed by atoms with van der Waals surface area (Å²) < 4.78 is 0. The zero-order valence-corrected chi connectivity index (χ0v) is 14.3. The van der Waals surface area contributed by atoms with E-state index in [4.69, 9.17) is 23.2 Å². The van der Waals surface area contributed by atoms with Crippen LogP contribution < -0.4 is 5.32 Å². The van der Waals surface area contributed by atoms with Crippen molar-refractivity contribution in [2.45, 2.75) is 57.9 Å². The predicted octanol–water partition coefficient (Wildman–Crippen LogP) is 6.31. The molecule has 0 aliphatic heterocycles. The van der Waals surface area contributed by atoms with Crippen LogP contribution in [0.5, 0.6) is 0 Å². The molecule has 21 heavy (non-hydrogen) atoms. The first-order valence-electron chi connectivity index (χ1n) is 8.09. The molecule has 1 aliphatic rings.